The van der Waals surface area contributed by atoms with E-state index in [-0.39, 0.29) is 17.6 Å². The first kappa shape index (κ1) is 14.6. The molecular formula is C15H14FN3O2. The van der Waals surface area contributed by atoms with Crippen LogP contribution in [0.1, 0.15) is 17.3 Å². The SMILES string of the molecule is C[C@H](NC(=O)c1ccncc1)C(=O)Nc1ccc(F)cc1. The lowest BCUT2D eigenvalue weighted by molar-refractivity contribution is -0.117. The molecule has 0 aliphatic heterocycles. The number of rotatable bonds is 4. The van der Waals surface area contributed by atoms with Crippen molar-refractivity contribution >= 4 is 17.5 Å². The summed E-state index contributed by atoms with van der Waals surface area (Å²) in [6, 6.07) is 7.77. The molecule has 1 aromatic heterocycles. The van der Waals surface area contributed by atoms with Crippen LogP contribution in [0.3, 0.4) is 0 Å². The van der Waals surface area contributed by atoms with Crippen molar-refractivity contribution in [1.82, 2.24) is 10.3 Å². The van der Waals surface area contributed by atoms with Gasteiger partial charge in [-0.25, -0.2) is 4.39 Å². The quantitative estimate of drug-likeness (QED) is 0.903. The first-order valence-electron chi connectivity index (χ1n) is 6.33. The minimum Gasteiger partial charge on any atom is -0.341 e. The van der Waals surface area contributed by atoms with Crippen LogP contribution in [-0.4, -0.2) is 22.8 Å². The predicted molar refractivity (Wildman–Crippen MR) is 76.2 cm³/mol. The minimum absolute atomic E-state index is 0.362. The van der Waals surface area contributed by atoms with Crippen LogP contribution in [0.15, 0.2) is 48.8 Å². The van der Waals surface area contributed by atoms with Crippen LogP contribution >= 0.6 is 0 Å². The summed E-state index contributed by atoms with van der Waals surface area (Å²) in [4.78, 5) is 27.6. The zero-order chi connectivity index (χ0) is 15.2. The zero-order valence-corrected chi connectivity index (χ0v) is 11.3. The number of carbonyl (C=O) groups excluding carboxylic acids is 2. The van der Waals surface area contributed by atoms with Gasteiger partial charge in [0, 0.05) is 23.6 Å². The maximum absolute atomic E-state index is 12.8. The molecule has 2 rings (SSSR count). The zero-order valence-electron chi connectivity index (χ0n) is 11.3. The summed E-state index contributed by atoms with van der Waals surface area (Å²) in [6.07, 6.45) is 3.00. The van der Waals surface area contributed by atoms with E-state index in [0.717, 1.165) is 0 Å². The van der Waals surface area contributed by atoms with Crippen molar-refractivity contribution in [3.8, 4) is 0 Å². The first-order chi connectivity index (χ1) is 10.1. The van der Waals surface area contributed by atoms with Gasteiger partial charge in [-0.05, 0) is 43.3 Å². The summed E-state index contributed by atoms with van der Waals surface area (Å²) < 4.78 is 12.8. The van der Waals surface area contributed by atoms with E-state index in [2.05, 4.69) is 15.6 Å². The Morgan fingerprint density at radius 1 is 1.10 bits per heavy atom. The molecule has 1 heterocycles. The number of pyridine rings is 1. The van der Waals surface area contributed by atoms with Gasteiger partial charge in [0.25, 0.3) is 5.91 Å². The average molecular weight is 287 g/mol. The lowest BCUT2D eigenvalue weighted by Gasteiger charge is -2.14. The molecule has 0 aliphatic carbocycles. The van der Waals surface area contributed by atoms with Gasteiger partial charge in [-0.3, -0.25) is 14.6 Å². The lowest BCUT2D eigenvalue weighted by atomic mass is 10.2. The van der Waals surface area contributed by atoms with E-state index in [1.54, 1.807) is 19.1 Å². The Hall–Kier alpha value is -2.76. The number of amides is 2. The molecule has 0 saturated carbocycles. The third-order valence-corrected chi connectivity index (χ3v) is 2.80. The molecule has 5 nitrogen and oxygen atoms in total. The molecule has 1 atom stereocenters. The van der Waals surface area contributed by atoms with Gasteiger partial charge in [0.1, 0.15) is 11.9 Å². The molecule has 0 unspecified atom stereocenters. The molecular weight excluding hydrogens is 273 g/mol. The molecule has 2 N–H and O–H groups in total. The van der Waals surface area contributed by atoms with E-state index in [1.807, 2.05) is 0 Å². The number of benzene rings is 1. The average Bonchev–Trinajstić information content (AvgIpc) is 2.50. The van der Waals surface area contributed by atoms with Crippen LogP contribution in [0.25, 0.3) is 0 Å². The maximum Gasteiger partial charge on any atom is 0.252 e. The normalized spacial score (nSPS) is 11.5. The molecule has 0 spiro atoms. The Morgan fingerprint density at radius 2 is 1.71 bits per heavy atom. The highest BCUT2D eigenvalue weighted by Gasteiger charge is 2.16. The molecule has 2 amide bonds. The van der Waals surface area contributed by atoms with E-state index >= 15 is 0 Å². The van der Waals surface area contributed by atoms with Crippen LogP contribution in [0, 0.1) is 5.82 Å². The third kappa shape index (κ3) is 4.10. The molecule has 0 aliphatic rings. The molecule has 2 aromatic rings. The number of nitrogens with zero attached hydrogens (tertiary/aromatic N) is 1. The van der Waals surface area contributed by atoms with Crippen molar-refractivity contribution in [2.45, 2.75) is 13.0 Å². The van der Waals surface area contributed by atoms with Crippen LogP contribution in [0.5, 0.6) is 0 Å². The highest BCUT2D eigenvalue weighted by molar-refractivity contribution is 6.00. The summed E-state index contributed by atoms with van der Waals surface area (Å²) >= 11 is 0. The second kappa shape index (κ2) is 6.60. The fourth-order valence-electron chi connectivity index (χ4n) is 1.63. The van der Waals surface area contributed by atoms with Crippen LogP contribution in [0.4, 0.5) is 10.1 Å². The predicted octanol–water partition coefficient (Wildman–Crippen LogP) is 1.98. The van der Waals surface area contributed by atoms with Gasteiger partial charge in [-0.1, -0.05) is 0 Å². The summed E-state index contributed by atoms with van der Waals surface area (Å²) in [7, 11) is 0. The summed E-state index contributed by atoms with van der Waals surface area (Å²) in [5.74, 6) is -1.13. The third-order valence-electron chi connectivity index (χ3n) is 2.80. The number of nitrogens with one attached hydrogen (secondary N) is 2. The van der Waals surface area contributed by atoms with E-state index < -0.39 is 6.04 Å². The van der Waals surface area contributed by atoms with Crippen molar-refractivity contribution in [2.75, 3.05) is 5.32 Å². The molecule has 21 heavy (non-hydrogen) atoms. The van der Waals surface area contributed by atoms with E-state index in [0.29, 0.717) is 11.3 Å². The highest BCUT2D eigenvalue weighted by atomic mass is 19.1. The number of halogens is 1. The number of anilines is 1. The van der Waals surface area contributed by atoms with E-state index in [1.165, 1.54) is 36.7 Å². The standard InChI is InChI=1S/C15H14FN3O2/c1-10(18-15(21)11-6-8-17-9-7-11)14(20)19-13-4-2-12(16)3-5-13/h2-10H,1H3,(H,18,21)(H,19,20)/t10-/m0/s1. The number of hydrogen-bond acceptors (Lipinski definition) is 3. The van der Waals surface area contributed by atoms with E-state index in [9.17, 15) is 14.0 Å². The molecule has 6 heteroatoms. The van der Waals surface area contributed by atoms with Gasteiger partial charge < -0.3 is 10.6 Å². The van der Waals surface area contributed by atoms with Gasteiger partial charge in [0.05, 0.1) is 0 Å². The number of carbonyl (C=O) groups is 2. The molecule has 0 fully saturated rings. The van der Waals surface area contributed by atoms with Crippen LogP contribution < -0.4 is 10.6 Å². The second-order valence-corrected chi connectivity index (χ2v) is 4.43. The largest absolute Gasteiger partial charge is 0.341 e. The smallest absolute Gasteiger partial charge is 0.252 e. The van der Waals surface area contributed by atoms with Crippen LogP contribution in [0.2, 0.25) is 0 Å². The molecule has 0 radical (unpaired) electrons. The summed E-state index contributed by atoms with van der Waals surface area (Å²) in [5, 5.41) is 5.17. The molecule has 0 bridgehead atoms. The highest BCUT2D eigenvalue weighted by Crippen LogP contribution is 2.08. The van der Waals surface area contributed by atoms with Gasteiger partial charge in [0.2, 0.25) is 5.91 Å². The van der Waals surface area contributed by atoms with Crippen molar-refractivity contribution in [2.24, 2.45) is 0 Å². The number of aromatic nitrogens is 1. The fraction of sp³-hybridized carbons (Fsp3) is 0.133. The molecule has 1 aromatic carbocycles. The Kier molecular flexibility index (Phi) is 4.61. The first-order valence-corrected chi connectivity index (χ1v) is 6.33. The van der Waals surface area contributed by atoms with Crippen molar-refractivity contribution < 1.29 is 14.0 Å². The Morgan fingerprint density at radius 3 is 2.33 bits per heavy atom. The monoisotopic (exact) mass is 287 g/mol. The van der Waals surface area contributed by atoms with Crippen molar-refractivity contribution in [3.63, 3.8) is 0 Å². The van der Waals surface area contributed by atoms with Gasteiger partial charge in [-0.15, -0.1) is 0 Å². The fourth-order valence-corrected chi connectivity index (χ4v) is 1.63. The maximum atomic E-state index is 12.8. The topological polar surface area (TPSA) is 71.1 Å². The second-order valence-electron chi connectivity index (χ2n) is 4.43. The molecule has 108 valence electrons. The molecule has 0 saturated heterocycles. The van der Waals surface area contributed by atoms with Crippen molar-refractivity contribution in [1.29, 1.82) is 0 Å². The summed E-state index contributed by atoms with van der Waals surface area (Å²) in [6.45, 7) is 1.57. The van der Waals surface area contributed by atoms with Crippen molar-refractivity contribution in [3.05, 3.63) is 60.2 Å². The summed E-state index contributed by atoms with van der Waals surface area (Å²) in [5.41, 5.74) is 0.887. The number of hydrogen-bond donors (Lipinski definition) is 2. The Balaban J connectivity index is 1.93. The lowest BCUT2D eigenvalue weighted by Crippen LogP contribution is -2.41. The minimum atomic E-state index is -0.726. The van der Waals surface area contributed by atoms with Gasteiger partial charge >= 0.3 is 0 Å². The van der Waals surface area contributed by atoms with Crippen LogP contribution in [-0.2, 0) is 4.79 Å². The Bertz CT molecular complexity index is 629. The van der Waals surface area contributed by atoms with E-state index in [4.69, 9.17) is 0 Å². The Labute approximate surface area is 121 Å². The van der Waals surface area contributed by atoms with Gasteiger partial charge in [0.15, 0.2) is 0 Å². The van der Waals surface area contributed by atoms with Gasteiger partial charge in [-0.2, -0.15) is 0 Å².